The van der Waals surface area contributed by atoms with Gasteiger partial charge in [-0.25, -0.2) is 8.42 Å². The Balaban J connectivity index is 2.18. The van der Waals surface area contributed by atoms with Crippen LogP contribution >= 0.6 is 23.2 Å². The maximum Gasteiger partial charge on any atom is 0.218 e. The van der Waals surface area contributed by atoms with Crippen molar-refractivity contribution in [1.29, 1.82) is 0 Å². The second-order valence-electron chi connectivity index (χ2n) is 4.67. The maximum atomic E-state index is 12.4. The zero-order valence-electron chi connectivity index (χ0n) is 10.6. The van der Waals surface area contributed by atoms with E-state index >= 15 is 0 Å². The van der Waals surface area contributed by atoms with Crippen molar-refractivity contribution in [2.75, 3.05) is 19.6 Å². The van der Waals surface area contributed by atoms with Crippen molar-refractivity contribution in [3.8, 4) is 0 Å². The molecule has 1 atom stereocenters. The highest BCUT2D eigenvalue weighted by Gasteiger charge is 2.29. The standard InChI is InChI=1S/C12H16Cl2N2O2S/c1-9-7-15-4-5-16(9)19(17,18)8-10-2-3-11(13)12(14)6-10/h2-3,6,9,15H,4-5,7-8H2,1H3. The quantitative estimate of drug-likeness (QED) is 0.927. The molecule has 0 radical (unpaired) electrons. The Morgan fingerprint density at radius 2 is 2.11 bits per heavy atom. The Labute approximate surface area is 123 Å². The van der Waals surface area contributed by atoms with Crippen molar-refractivity contribution in [3.05, 3.63) is 33.8 Å². The fourth-order valence-corrected chi connectivity index (χ4v) is 4.24. The summed E-state index contributed by atoms with van der Waals surface area (Å²) in [5.74, 6) is -0.0474. The molecule has 0 bridgehead atoms. The van der Waals surface area contributed by atoms with Crippen LogP contribution < -0.4 is 5.32 Å². The van der Waals surface area contributed by atoms with Crippen LogP contribution in [-0.4, -0.2) is 38.4 Å². The monoisotopic (exact) mass is 322 g/mol. The fraction of sp³-hybridized carbons (Fsp3) is 0.500. The summed E-state index contributed by atoms with van der Waals surface area (Å²) in [5.41, 5.74) is 0.653. The number of rotatable bonds is 3. The molecule has 0 aliphatic carbocycles. The number of sulfonamides is 1. The molecule has 0 aromatic heterocycles. The first-order chi connectivity index (χ1) is 8.90. The lowest BCUT2D eigenvalue weighted by Gasteiger charge is -2.32. The number of hydrogen-bond donors (Lipinski definition) is 1. The number of benzene rings is 1. The summed E-state index contributed by atoms with van der Waals surface area (Å²) >= 11 is 11.7. The van der Waals surface area contributed by atoms with E-state index in [4.69, 9.17) is 23.2 Å². The summed E-state index contributed by atoms with van der Waals surface area (Å²) in [7, 11) is -3.32. The smallest absolute Gasteiger partial charge is 0.218 e. The van der Waals surface area contributed by atoms with Gasteiger partial charge in [-0.1, -0.05) is 29.3 Å². The molecule has 1 aromatic carbocycles. The largest absolute Gasteiger partial charge is 0.314 e. The fourth-order valence-electron chi connectivity index (χ4n) is 2.16. The number of halogens is 2. The lowest BCUT2D eigenvalue weighted by Crippen LogP contribution is -2.52. The minimum absolute atomic E-state index is 0.0264. The van der Waals surface area contributed by atoms with E-state index in [0.717, 1.165) is 0 Å². The van der Waals surface area contributed by atoms with Gasteiger partial charge in [0, 0.05) is 25.7 Å². The van der Waals surface area contributed by atoms with Crippen LogP contribution in [0, 0.1) is 0 Å². The zero-order chi connectivity index (χ0) is 14.0. The second-order valence-corrected chi connectivity index (χ2v) is 7.40. The third-order valence-corrected chi connectivity index (χ3v) is 5.82. The van der Waals surface area contributed by atoms with Crippen LogP contribution in [0.5, 0.6) is 0 Å². The number of nitrogens with zero attached hydrogens (tertiary/aromatic N) is 1. The van der Waals surface area contributed by atoms with Gasteiger partial charge in [0.25, 0.3) is 0 Å². The molecule has 2 rings (SSSR count). The van der Waals surface area contributed by atoms with Crippen LogP contribution in [0.4, 0.5) is 0 Å². The molecule has 106 valence electrons. The highest BCUT2D eigenvalue weighted by atomic mass is 35.5. The Kier molecular flexibility index (Phi) is 4.74. The lowest BCUT2D eigenvalue weighted by molar-refractivity contribution is 0.283. The maximum absolute atomic E-state index is 12.4. The third-order valence-electron chi connectivity index (χ3n) is 3.13. The zero-order valence-corrected chi connectivity index (χ0v) is 12.9. The first-order valence-electron chi connectivity index (χ1n) is 6.04. The van der Waals surface area contributed by atoms with Gasteiger partial charge in [-0.3, -0.25) is 0 Å². The van der Waals surface area contributed by atoms with E-state index in [1.165, 1.54) is 0 Å². The predicted molar refractivity (Wildman–Crippen MR) is 78.1 cm³/mol. The first kappa shape index (κ1) is 15.1. The van der Waals surface area contributed by atoms with Gasteiger partial charge in [0.2, 0.25) is 10.0 Å². The van der Waals surface area contributed by atoms with E-state index in [1.54, 1.807) is 22.5 Å². The van der Waals surface area contributed by atoms with E-state index in [2.05, 4.69) is 5.32 Å². The number of nitrogens with one attached hydrogen (secondary N) is 1. The summed E-state index contributed by atoms with van der Waals surface area (Å²) in [6, 6.07) is 4.89. The van der Waals surface area contributed by atoms with E-state index in [1.807, 2.05) is 6.92 Å². The minimum atomic E-state index is -3.32. The predicted octanol–water partition coefficient (Wildman–Crippen LogP) is 2.12. The van der Waals surface area contributed by atoms with Crippen LogP contribution in [0.15, 0.2) is 18.2 Å². The molecule has 7 heteroatoms. The summed E-state index contributed by atoms with van der Waals surface area (Å²) < 4.78 is 26.3. The van der Waals surface area contributed by atoms with Gasteiger partial charge in [-0.15, -0.1) is 0 Å². The van der Waals surface area contributed by atoms with Gasteiger partial charge in [0.05, 0.1) is 15.8 Å². The molecule has 1 saturated heterocycles. The Hall–Kier alpha value is -0.330. The Morgan fingerprint density at radius 3 is 2.74 bits per heavy atom. The molecule has 1 aromatic rings. The van der Waals surface area contributed by atoms with Crippen LogP contribution in [0.2, 0.25) is 10.0 Å². The van der Waals surface area contributed by atoms with Gasteiger partial charge in [0.15, 0.2) is 0 Å². The van der Waals surface area contributed by atoms with Gasteiger partial charge < -0.3 is 5.32 Å². The van der Waals surface area contributed by atoms with E-state index in [-0.39, 0.29) is 11.8 Å². The summed E-state index contributed by atoms with van der Waals surface area (Å²) in [6.45, 7) is 3.77. The third kappa shape index (κ3) is 3.61. The molecule has 1 heterocycles. The van der Waals surface area contributed by atoms with E-state index in [0.29, 0.717) is 35.2 Å². The van der Waals surface area contributed by atoms with E-state index < -0.39 is 10.0 Å². The van der Waals surface area contributed by atoms with Crippen LogP contribution in [0.25, 0.3) is 0 Å². The summed E-state index contributed by atoms with van der Waals surface area (Å²) in [4.78, 5) is 0. The molecule has 1 unspecified atom stereocenters. The highest BCUT2D eigenvalue weighted by Crippen LogP contribution is 2.24. The van der Waals surface area contributed by atoms with Crippen molar-refractivity contribution in [2.45, 2.75) is 18.7 Å². The summed E-state index contributed by atoms with van der Waals surface area (Å²) in [6.07, 6.45) is 0. The lowest BCUT2D eigenvalue weighted by atomic mass is 10.2. The van der Waals surface area contributed by atoms with Gasteiger partial charge in [-0.05, 0) is 24.6 Å². The van der Waals surface area contributed by atoms with Crippen molar-refractivity contribution in [2.24, 2.45) is 0 Å². The first-order valence-corrected chi connectivity index (χ1v) is 8.41. The molecule has 4 nitrogen and oxygen atoms in total. The van der Waals surface area contributed by atoms with Crippen molar-refractivity contribution < 1.29 is 8.42 Å². The summed E-state index contributed by atoms with van der Waals surface area (Å²) in [5, 5.41) is 3.98. The molecule has 0 spiro atoms. The number of piperazine rings is 1. The van der Waals surface area contributed by atoms with Gasteiger partial charge >= 0.3 is 0 Å². The Bertz CT molecular complexity index is 563. The molecular formula is C12H16Cl2N2O2S. The molecule has 0 amide bonds. The molecule has 1 N–H and O–H groups in total. The SMILES string of the molecule is CC1CNCCN1S(=O)(=O)Cc1ccc(Cl)c(Cl)c1. The minimum Gasteiger partial charge on any atom is -0.314 e. The van der Waals surface area contributed by atoms with Crippen molar-refractivity contribution >= 4 is 33.2 Å². The molecule has 1 fully saturated rings. The van der Waals surface area contributed by atoms with Crippen molar-refractivity contribution in [3.63, 3.8) is 0 Å². The Morgan fingerprint density at radius 1 is 1.37 bits per heavy atom. The second kappa shape index (κ2) is 5.97. The normalized spacial score (nSPS) is 21.5. The molecule has 19 heavy (non-hydrogen) atoms. The topological polar surface area (TPSA) is 49.4 Å². The van der Waals surface area contributed by atoms with Crippen LogP contribution in [0.1, 0.15) is 12.5 Å². The van der Waals surface area contributed by atoms with Gasteiger partial charge in [-0.2, -0.15) is 4.31 Å². The van der Waals surface area contributed by atoms with E-state index in [9.17, 15) is 8.42 Å². The molecule has 1 aliphatic rings. The number of hydrogen-bond acceptors (Lipinski definition) is 3. The van der Waals surface area contributed by atoms with Crippen molar-refractivity contribution in [1.82, 2.24) is 9.62 Å². The highest BCUT2D eigenvalue weighted by molar-refractivity contribution is 7.88. The molecular weight excluding hydrogens is 307 g/mol. The average molecular weight is 323 g/mol. The van der Waals surface area contributed by atoms with Gasteiger partial charge in [0.1, 0.15) is 0 Å². The molecule has 1 aliphatic heterocycles. The average Bonchev–Trinajstić information content (AvgIpc) is 2.34. The van der Waals surface area contributed by atoms with Crippen LogP contribution in [0.3, 0.4) is 0 Å². The van der Waals surface area contributed by atoms with Crippen LogP contribution in [-0.2, 0) is 15.8 Å². The molecule has 0 saturated carbocycles.